The molecule has 0 bridgehead atoms. The molecule has 1 atom stereocenters. The van der Waals surface area contributed by atoms with Gasteiger partial charge >= 0.3 is 6.09 Å². The summed E-state index contributed by atoms with van der Waals surface area (Å²) in [4.78, 5) is 15.4. The van der Waals surface area contributed by atoms with E-state index in [9.17, 15) is 9.90 Å². The summed E-state index contributed by atoms with van der Waals surface area (Å²) in [6, 6.07) is 20.2. The third-order valence-electron chi connectivity index (χ3n) is 4.38. The second-order valence-electron chi connectivity index (χ2n) is 6.10. The van der Waals surface area contributed by atoms with Crippen molar-refractivity contribution in [3.05, 3.63) is 66.2 Å². The summed E-state index contributed by atoms with van der Waals surface area (Å²) in [5.41, 5.74) is 2.28. The number of piperazine rings is 1. The summed E-state index contributed by atoms with van der Waals surface area (Å²) < 4.78 is 0. The van der Waals surface area contributed by atoms with E-state index in [1.807, 2.05) is 48.5 Å². The van der Waals surface area contributed by atoms with Crippen molar-refractivity contribution < 1.29 is 9.90 Å². The quantitative estimate of drug-likeness (QED) is 0.887. The maximum absolute atomic E-state index is 11.5. The van der Waals surface area contributed by atoms with Crippen LogP contribution in [0.25, 0.3) is 0 Å². The van der Waals surface area contributed by atoms with E-state index in [4.69, 9.17) is 0 Å². The van der Waals surface area contributed by atoms with E-state index in [0.717, 1.165) is 25.3 Å². The van der Waals surface area contributed by atoms with Gasteiger partial charge in [-0.3, -0.25) is 4.90 Å². The molecule has 5 heteroatoms. The van der Waals surface area contributed by atoms with Gasteiger partial charge < -0.3 is 15.3 Å². The van der Waals surface area contributed by atoms with E-state index < -0.39 is 6.09 Å². The monoisotopic (exact) mass is 325 g/mol. The summed E-state index contributed by atoms with van der Waals surface area (Å²) in [7, 11) is 0. The maximum Gasteiger partial charge on any atom is 0.407 e. The minimum atomic E-state index is -0.839. The van der Waals surface area contributed by atoms with E-state index in [2.05, 4.69) is 22.3 Å². The van der Waals surface area contributed by atoms with E-state index in [-0.39, 0.29) is 6.04 Å². The Kier molecular flexibility index (Phi) is 5.33. The largest absolute Gasteiger partial charge is 0.465 e. The van der Waals surface area contributed by atoms with Gasteiger partial charge in [-0.25, -0.2) is 4.79 Å². The SMILES string of the molecule is O=C(O)N1CCN(Cc2ccccc2)C[C@H]1CNc1ccccc1. The molecule has 1 fully saturated rings. The number of carboxylic acid groups (broad SMARTS) is 1. The Morgan fingerprint density at radius 1 is 1.04 bits per heavy atom. The topological polar surface area (TPSA) is 55.8 Å². The lowest BCUT2D eigenvalue weighted by atomic mass is 10.1. The summed E-state index contributed by atoms with van der Waals surface area (Å²) in [5, 5.41) is 12.8. The number of nitrogens with zero attached hydrogens (tertiary/aromatic N) is 2. The molecule has 0 aliphatic carbocycles. The molecule has 2 aromatic rings. The number of carbonyl (C=O) groups is 1. The van der Waals surface area contributed by atoms with Gasteiger partial charge in [0.05, 0.1) is 6.04 Å². The number of para-hydroxylation sites is 1. The summed E-state index contributed by atoms with van der Waals surface area (Å²) in [6.07, 6.45) is -0.839. The van der Waals surface area contributed by atoms with Crippen molar-refractivity contribution in [1.29, 1.82) is 0 Å². The van der Waals surface area contributed by atoms with E-state index in [1.165, 1.54) is 5.56 Å². The van der Waals surface area contributed by atoms with Crippen molar-refractivity contribution in [2.45, 2.75) is 12.6 Å². The van der Waals surface area contributed by atoms with Crippen molar-refractivity contribution >= 4 is 11.8 Å². The predicted molar refractivity (Wildman–Crippen MR) is 95.2 cm³/mol. The van der Waals surface area contributed by atoms with Gasteiger partial charge in [0.15, 0.2) is 0 Å². The van der Waals surface area contributed by atoms with Crippen molar-refractivity contribution in [1.82, 2.24) is 9.80 Å². The van der Waals surface area contributed by atoms with Crippen molar-refractivity contribution in [3.8, 4) is 0 Å². The molecule has 5 nitrogen and oxygen atoms in total. The highest BCUT2D eigenvalue weighted by atomic mass is 16.4. The zero-order valence-electron chi connectivity index (χ0n) is 13.6. The number of benzene rings is 2. The van der Waals surface area contributed by atoms with Gasteiger partial charge in [0.1, 0.15) is 0 Å². The lowest BCUT2D eigenvalue weighted by molar-refractivity contribution is 0.0689. The smallest absolute Gasteiger partial charge is 0.407 e. The third-order valence-corrected chi connectivity index (χ3v) is 4.38. The second kappa shape index (κ2) is 7.84. The Labute approximate surface area is 142 Å². The van der Waals surface area contributed by atoms with Gasteiger partial charge in [0.25, 0.3) is 0 Å². The molecule has 0 radical (unpaired) electrons. The highest BCUT2D eigenvalue weighted by molar-refractivity contribution is 5.65. The van der Waals surface area contributed by atoms with Crippen LogP contribution in [0.1, 0.15) is 5.56 Å². The molecule has 126 valence electrons. The van der Waals surface area contributed by atoms with Crippen LogP contribution in [0.15, 0.2) is 60.7 Å². The van der Waals surface area contributed by atoms with Crippen LogP contribution >= 0.6 is 0 Å². The van der Waals surface area contributed by atoms with Crippen LogP contribution in [0.2, 0.25) is 0 Å². The predicted octanol–water partition coefficient (Wildman–Crippen LogP) is 2.96. The lowest BCUT2D eigenvalue weighted by Gasteiger charge is -2.40. The first kappa shape index (κ1) is 16.3. The van der Waals surface area contributed by atoms with Crippen LogP contribution < -0.4 is 5.32 Å². The Hall–Kier alpha value is -2.53. The van der Waals surface area contributed by atoms with Crippen LogP contribution in [0.3, 0.4) is 0 Å². The number of amides is 1. The highest BCUT2D eigenvalue weighted by Gasteiger charge is 2.30. The molecule has 1 heterocycles. The van der Waals surface area contributed by atoms with Crippen LogP contribution in [0.5, 0.6) is 0 Å². The molecule has 24 heavy (non-hydrogen) atoms. The van der Waals surface area contributed by atoms with Crippen molar-refractivity contribution in [2.24, 2.45) is 0 Å². The molecule has 0 unspecified atom stereocenters. The number of nitrogens with one attached hydrogen (secondary N) is 1. The summed E-state index contributed by atoms with van der Waals surface area (Å²) in [6.45, 7) is 3.52. The third kappa shape index (κ3) is 4.26. The molecule has 1 saturated heterocycles. The Morgan fingerprint density at radius 2 is 1.71 bits per heavy atom. The summed E-state index contributed by atoms with van der Waals surface area (Å²) >= 11 is 0. The molecular weight excluding hydrogens is 302 g/mol. The first-order chi connectivity index (χ1) is 11.7. The van der Waals surface area contributed by atoms with Gasteiger partial charge in [-0.15, -0.1) is 0 Å². The number of rotatable bonds is 5. The van der Waals surface area contributed by atoms with E-state index in [1.54, 1.807) is 4.90 Å². The molecule has 0 aromatic heterocycles. The first-order valence-electron chi connectivity index (χ1n) is 8.27. The first-order valence-corrected chi connectivity index (χ1v) is 8.27. The zero-order chi connectivity index (χ0) is 16.8. The Morgan fingerprint density at radius 3 is 2.38 bits per heavy atom. The standard InChI is InChI=1S/C19H23N3O2/c23-19(24)22-12-11-21(14-16-7-3-1-4-8-16)15-18(22)13-20-17-9-5-2-6-10-17/h1-10,18,20H,11-15H2,(H,23,24)/t18-/m1/s1. The average molecular weight is 325 g/mol. The highest BCUT2D eigenvalue weighted by Crippen LogP contribution is 2.15. The van der Waals surface area contributed by atoms with Crippen LogP contribution in [-0.4, -0.2) is 53.2 Å². The Bertz CT molecular complexity index is 648. The van der Waals surface area contributed by atoms with Gasteiger partial charge in [0.2, 0.25) is 0 Å². The van der Waals surface area contributed by atoms with Gasteiger partial charge in [-0.1, -0.05) is 48.5 Å². The van der Waals surface area contributed by atoms with Gasteiger partial charge in [-0.2, -0.15) is 0 Å². The zero-order valence-corrected chi connectivity index (χ0v) is 13.6. The molecule has 0 saturated carbocycles. The average Bonchev–Trinajstić information content (AvgIpc) is 2.61. The number of hydrogen-bond acceptors (Lipinski definition) is 3. The number of hydrogen-bond donors (Lipinski definition) is 2. The minimum absolute atomic E-state index is 0.0554. The minimum Gasteiger partial charge on any atom is -0.465 e. The van der Waals surface area contributed by atoms with Gasteiger partial charge in [-0.05, 0) is 17.7 Å². The molecule has 1 aliphatic heterocycles. The molecule has 0 spiro atoms. The van der Waals surface area contributed by atoms with Crippen molar-refractivity contribution in [3.63, 3.8) is 0 Å². The molecule has 2 aromatic carbocycles. The molecule has 1 amide bonds. The van der Waals surface area contributed by atoms with E-state index in [0.29, 0.717) is 13.1 Å². The van der Waals surface area contributed by atoms with Gasteiger partial charge in [0, 0.05) is 38.4 Å². The molecule has 3 rings (SSSR count). The lowest BCUT2D eigenvalue weighted by Crippen LogP contribution is -2.56. The van der Waals surface area contributed by atoms with Crippen LogP contribution in [0.4, 0.5) is 10.5 Å². The maximum atomic E-state index is 11.5. The fourth-order valence-electron chi connectivity index (χ4n) is 3.12. The normalized spacial score (nSPS) is 18.3. The molecule has 2 N–H and O–H groups in total. The van der Waals surface area contributed by atoms with E-state index >= 15 is 0 Å². The summed E-state index contributed by atoms with van der Waals surface area (Å²) in [5.74, 6) is 0. The fraction of sp³-hybridized carbons (Fsp3) is 0.316. The fourth-order valence-corrected chi connectivity index (χ4v) is 3.12. The second-order valence-corrected chi connectivity index (χ2v) is 6.10. The van der Waals surface area contributed by atoms with Crippen molar-refractivity contribution in [2.75, 3.05) is 31.5 Å². The Balaban J connectivity index is 1.62. The van der Waals surface area contributed by atoms with Crippen LogP contribution in [0, 0.1) is 0 Å². The number of anilines is 1. The molecular formula is C19H23N3O2. The molecule has 1 aliphatic rings. The van der Waals surface area contributed by atoms with Crippen LogP contribution in [-0.2, 0) is 6.54 Å².